The van der Waals surface area contributed by atoms with Crippen LogP contribution >= 0.6 is 22.6 Å². The highest BCUT2D eigenvalue weighted by Gasteiger charge is 2.41. The molecule has 1 aliphatic carbocycles. The Labute approximate surface area is 262 Å². The number of hydrogen-bond acceptors (Lipinski definition) is 10. The van der Waals surface area contributed by atoms with Gasteiger partial charge in [0.2, 0.25) is 5.91 Å². The summed E-state index contributed by atoms with van der Waals surface area (Å²) in [5.74, 6) is 0.132. The summed E-state index contributed by atoms with van der Waals surface area (Å²) in [6.45, 7) is -0.217. The average Bonchev–Trinajstić information content (AvgIpc) is 3.46. The van der Waals surface area contributed by atoms with E-state index in [2.05, 4.69) is 5.32 Å². The van der Waals surface area contributed by atoms with E-state index in [1.165, 1.54) is 32.3 Å². The van der Waals surface area contributed by atoms with Crippen molar-refractivity contribution in [1.82, 2.24) is 10.2 Å². The number of halogens is 1. The molecule has 0 spiro atoms. The van der Waals surface area contributed by atoms with Crippen molar-refractivity contribution in [3.8, 4) is 17.2 Å². The lowest BCUT2D eigenvalue weighted by Crippen LogP contribution is -2.55. The Morgan fingerprint density at radius 2 is 1.88 bits per heavy atom. The SMILES string of the molecule is COCCN(C(=O)c1cc2cccc(OC)c2o1)C1CC(C(=O)NCCO)=CC(Oc2c(I)cc(CO)cc2OC)C1O. The minimum Gasteiger partial charge on any atom is -0.493 e. The molecule has 0 saturated heterocycles. The summed E-state index contributed by atoms with van der Waals surface area (Å²) < 4.78 is 29.0. The predicted molar refractivity (Wildman–Crippen MR) is 164 cm³/mol. The Hall–Kier alpha value is -3.37. The summed E-state index contributed by atoms with van der Waals surface area (Å²) in [7, 11) is 4.46. The Morgan fingerprint density at radius 3 is 2.56 bits per heavy atom. The van der Waals surface area contributed by atoms with Crippen LogP contribution < -0.4 is 19.5 Å². The van der Waals surface area contributed by atoms with Crippen LogP contribution in [0.2, 0.25) is 0 Å². The van der Waals surface area contributed by atoms with Gasteiger partial charge in [-0.1, -0.05) is 12.1 Å². The van der Waals surface area contributed by atoms with Crippen LogP contribution in [-0.4, -0.2) is 97.9 Å². The lowest BCUT2D eigenvalue weighted by atomic mass is 9.88. The fourth-order valence-corrected chi connectivity index (χ4v) is 5.74. The number of aliphatic hydroxyl groups is 3. The summed E-state index contributed by atoms with van der Waals surface area (Å²) in [6.07, 6.45) is -0.861. The Kier molecular flexibility index (Phi) is 11.3. The zero-order valence-electron chi connectivity index (χ0n) is 24.0. The summed E-state index contributed by atoms with van der Waals surface area (Å²) in [5, 5.41) is 33.9. The van der Waals surface area contributed by atoms with E-state index in [4.69, 9.17) is 23.4 Å². The molecule has 1 heterocycles. The monoisotopic (exact) mass is 710 g/mol. The summed E-state index contributed by atoms with van der Waals surface area (Å²) in [6, 6.07) is 9.31. The van der Waals surface area contributed by atoms with Crippen molar-refractivity contribution in [3.05, 3.63) is 62.9 Å². The van der Waals surface area contributed by atoms with Gasteiger partial charge >= 0.3 is 0 Å². The van der Waals surface area contributed by atoms with Crippen molar-refractivity contribution < 1.29 is 48.3 Å². The van der Waals surface area contributed by atoms with Gasteiger partial charge < -0.3 is 48.9 Å². The van der Waals surface area contributed by atoms with Gasteiger partial charge in [0.15, 0.2) is 28.6 Å². The molecule has 1 aromatic heterocycles. The van der Waals surface area contributed by atoms with Gasteiger partial charge in [0, 0.05) is 37.6 Å². The number of ether oxygens (including phenoxy) is 4. The van der Waals surface area contributed by atoms with E-state index in [-0.39, 0.29) is 50.7 Å². The molecule has 232 valence electrons. The maximum atomic E-state index is 14.0. The third-order valence-electron chi connectivity index (χ3n) is 7.08. The number of fused-ring (bicyclic) bond motifs is 1. The van der Waals surface area contributed by atoms with Gasteiger partial charge in [0.05, 0.1) is 43.7 Å². The summed E-state index contributed by atoms with van der Waals surface area (Å²) in [4.78, 5) is 28.5. The van der Waals surface area contributed by atoms with Crippen LogP contribution in [0.5, 0.6) is 17.2 Å². The molecule has 0 bridgehead atoms. The largest absolute Gasteiger partial charge is 0.493 e. The first kappa shape index (κ1) is 32.5. The molecule has 12 nitrogen and oxygen atoms in total. The van der Waals surface area contributed by atoms with Crippen LogP contribution in [0.25, 0.3) is 11.0 Å². The van der Waals surface area contributed by atoms with Gasteiger partial charge in [-0.2, -0.15) is 0 Å². The highest BCUT2D eigenvalue weighted by molar-refractivity contribution is 14.1. The van der Waals surface area contributed by atoms with Crippen molar-refractivity contribution in [3.63, 3.8) is 0 Å². The minimum atomic E-state index is -1.29. The van der Waals surface area contributed by atoms with Crippen molar-refractivity contribution >= 4 is 45.4 Å². The van der Waals surface area contributed by atoms with Crippen LogP contribution in [0, 0.1) is 3.57 Å². The smallest absolute Gasteiger partial charge is 0.290 e. The van der Waals surface area contributed by atoms with Crippen LogP contribution in [0.15, 0.2) is 52.5 Å². The molecule has 3 atom stereocenters. The third kappa shape index (κ3) is 7.24. The molecule has 1 aliphatic rings. The second-order valence-corrected chi connectivity index (χ2v) is 10.9. The molecule has 0 saturated carbocycles. The van der Waals surface area contributed by atoms with Gasteiger partial charge in [0.25, 0.3) is 5.91 Å². The van der Waals surface area contributed by atoms with Crippen molar-refractivity contribution in [1.29, 1.82) is 0 Å². The molecule has 4 N–H and O–H groups in total. The van der Waals surface area contributed by atoms with E-state index in [1.54, 1.807) is 36.4 Å². The molecule has 2 aromatic carbocycles. The lowest BCUT2D eigenvalue weighted by molar-refractivity contribution is -0.118. The number of aliphatic hydroxyl groups excluding tert-OH is 3. The van der Waals surface area contributed by atoms with Gasteiger partial charge in [-0.05, 0) is 58.5 Å². The van der Waals surface area contributed by atoms with E-state index in [1.807, 2.05) is 22.6 Å². The maximum absolute atomic E-state index is 14.0. The van der Waals surface area contributed by atoms with E-state index in [9.17, 15) is 24.9 Å². The fourth-order valence-electron chi connectivity index (χ4n) is 4.95. The standard InChI is InChI=1S/C30H35IN2O10/c1-39-10-8-33(30(38)25-14-18-5-4-6-22(40-2)27(18)43-25)21-13-19(29(37)32-7-9-34)15-23(26(21)36)42-28-20(31)11-17(16-35)12-24(28)41-3/h4-6,11-12,14-15,21,23,26,34-36H,7-10,13,16H2,1-3H3,(H,32,37). The Balaban J connectivity index is 1.74. The van der Waals surface area contributed by atoms with Crippen LogP contribution in [0.4, 0.5) is 0 Å². The fraction of sp³-hybridized carbons (Fsp3) is 0.400. The van der Waals surface area contributed by atoms with Gasteiger partial charge in [-0.25, -0.2) is 0 Å². The predicted octanol–water partition coefficient (Wildman–Crippen LogP) is 2.25. The van der Waals surface area contributed by atoms with Gasteiger partial charge in [-0.3, -0.25) is 9.59 Å². The first-order chi connectivity index (χ1) is 20.8. The number of para-hydroxylation sites is 1. The Morgan fingerprint density at radius 1 is 1.12 bits per heavy atom. The lowest BCUT2D eigenvalue weighted by Gasteiger charge is -2.40. The normalized spacial score (nSPS) is 18.2. The molecule has 2 amide bonds. The number of furan rings is 1. The van der Waals surface area contributed by atoms with Crippen LogP contribution in [-0.2, 0) is 16.1 Å². The Bertz CT molecular complexity index is 1470. The number of hydrogen-bond donors (Lipinski definition) is 4. The highest BCUT2D eigenvalue weighted by atomic mass is 127. The number of benzene rings is 2. The zero-order chi connectivity index (χ0) is 31.1. The second kappa shape index (κ2) is 14.9. The molecule has 0 aliphatic heterocycles. The van der Waals surface area contributed by atoms with E-state index in [0.29, 0.717) is 37.4 Å². The zero-order valence-corrected chi connectivity index (χ0v) is 26.2. The van der Waals surface area contributed by atoms with Gasteiger partial charge in [0.1, 0.15) is 12.2 Å². The number of carbonyl (C=O) groups excluding carboxylic acids is 2. The number of nitrogens with one attached hydrogen (secondary N) is 1. The number of carbonyl (C=O) groups is 2. The minimum absolute atomic E-state index is 0.00499. The summed E-state index contributed by atoms with van der Waals surface area (Å²) >= 11 is 2.04. The summed E-state index contributed by atoms with van der Waals surface area (Å²) in [5.41, 5.74) is 1.27. The molecule has 3 unspecified atom stereocenters. The molecular weight excluding hydrogens is 675 g/mol. The van der Waals surface area contributed by atoms with Crippen LogP contribution in [0.1, 0.15) is 22.5 Å². The molecule has 0 fully saturated rings. The molecule has 43 heavy (non-hydrogen) atoms. The van der Waals surface area contributed by atoms with E-state index >= 15 is 0 Å². The quantitative estimate of drug-likeness (QED) is 0.194. The second-order valence-electron chi connectivity index (χ2n) is 9.76. The first-order valence-corrected chi connectivity index (χ1v) is 14.6. The van der Waals surface area contributed by atoms with Crippen molar-refractivity contribution in [2.24, 2.45) is 0 Å². The molecule has 0 radical (unpaired) electrons. The third-order valence-corrected chi connectivity index (χ3v) is 7.88. The molecule has 13 heteroatoms. The number of methoxy groups -OCH3 is 3. The van der Waals surface area contributed by atoms with Gasteiger partial charge in [-0.15, -0.1) is 0 Å². The van der Waals surface area contributed by atoms with Crippen molar-refractivity contribution in [2.45, 2.75) is 31.3 Å². The topological polar surface area (TPSA) is 160 Å². The number of amides is 2. The van der Waals surface area contributed by atoms with Crippen LogP contribution in [0.3, 0.4) is 0 Å². The number of rotatable bonds is 13. The highest BCUT2D eigenvalue weighted by Crippen LogP contribution is 2.37. The van der Waals surface area contributed by atoms with E-state index < -0.39 is 30.1 Å². The molecule has 4 rings (SSSR count). The maximum Gasteiger partial charge on any atom is 0.290 e. The number of nitrogens with zero attached hydrogens (tertiary/aromatic N) is 1. The molecular formula is C30H35IN2O10. The van der Waals surface area contributed by atoms with Crippen molar-refractivity contribution in [2.75, 3.05) is 47.6 Å². The average molecular weight is 711 g/mol. The first-order valence-electron chi connectivity index (χ1n) is 13.5. The molecule has 3 aromatic rings. The van der Waals surface area contributed by atoms with E-state index in [0.717, 1.165) is 0 Å².